The topological polar surface area (TPSA) is 69.8 Å². The Morgan fingerprint density at radius 2 is 2.15 bits per heavy atom. The second-order valence-corrected chi connectivity index (χ2v) is 7.15. The maximum Gasteiger partial charge on any atom is 0.191 e. The average molecular weight is 469 g/mol. The van der Waals surface area contributed by atoms with E-state index < -0.39 is 0 Å². The van der Waals surface area contributed by atoms with Gasteiger partial charge in [0.1, 0.15) is 5.82 Å². The smallest absolute Gasteiger partial charge is 0.191 e. The Balaban J connectivity index is 0.00000196. The van der Waals surface area contributed by atoms with E-state index in [1.807, 2.05) is 35.8 Å². The summed E-state index contributed by atoms with van der Waals surface area (Å²) >= 11 is 0. The molecule has 2 fully saturated rings. The largest absolute Gasteiger partial charge is 0.356 e. The third-order valence-electron chi connectivity index (χ3n) is 5.23. The minimum Gasteiger partial charge on any atom is -0.356 e. The summed E-state index contributed by atoms with van der Waals surface area (Å²) in [5.41, 5.74) is 0.889. The molecule has 2 aromatic rings. The average Bonchev–Trinajstić information content (AvgIpc) is 3.29. The van der Waals surface area contributed by atoms with Crippen LogP contribution in [0.15, 0.2) is 29.4 Å². The van der Waals surface area contributed by atoms with Crippen LogP contribution in [0.4, 0.5) is 0 Å². The van der Waals surface area contributed by atoms with Gasteiger partial charge in [0.15, 0.2) is 11.6 Å². The van der Waals surface area contributed by atoms with Gasteiger partial charge in [-0.1, -0.05) is 6.07 Å². The van der Waals surface area contributed by atoms with Crippen molar-refractivity contribution < 1.29 is 0 Å². The molecule has 3 heterocycles. The molecule has 2 aliphatic rings. The number of halogens is 1. The van der Waals surface area contributed by atoms with Crippen LogP contribution in [0.5, 0.6) is 0 Å². The normalized spacial score (nSPS) is 23.8. The van der Waals surface area contributed by atoms with Gasteiger partial charge in [-0.25, -0.2) is 0 Å². The molecule has 142 valence electrons. The van der Waals surface area contributed by atoms with Gasteiger partial charge in [-0.05, 0) is 38.3 Å². The van der Waals surface area contributed by atoms with Gasteiger partial charge in [0.25, 0.3) is 0 Å². The molecular weight excluding hydrogens is 441 g/mol. The summed E-state index contributed by atoms with van der Waals surface area (Å²) < 4.78 is 2.03. The van der Waals surface area contributed by atoms with Gasteiger partial charge in [0.05, 0.1) is 0 Å². The Morgan fingerprint density at radius 1 is 1.31 bits per heavy atom. The maximum atomic E-state index is 4.38. The first-order chi connectivity index (χ1) is 12.2. The van der Waals surface area contributed by atoms with Crippen LogP contribution in [0.2, 0.25) is 0 Å². The third kappa shape index (κ3) is 4.28. The summed E-state index contributed by atoms with van der Waals surface area (Å²) in [6.45, 7) is 4.25. The van der Waals surface area contributed by atoms with Crippen molar-refractivity contribution in [2.24, 2.45) is 4.99 Å². The van der Waals surface area contributed by atoms with Crippen LogP contribution in [-0.2, 0) is 6.42 Å². The molecule has 8 heteroatoms. The van der Waals surface area contributed by atoms with Gasteiger partial charge in [0.2, 0.25) is 0 Å². The van der Waals surface area contributed by atoms with E-state index in [1.54, 1.807) is 0 Å². The van der Waals surface area contributed by atoms with Crippen molar-refractivity contribution in [1.82, 2.24) is 30.1 Å². The van der Waals surface area contributed by atoms with Gasteiger partial charge in [-0.2, -0.15) is 0 Å². The standard InChI is InChI=1S/C18H27N7.HI/c1-13-11-14(12-25(13)15-6-7-15)21-18(19-2)20-9-8-17-23-22-16-5-3-4-10-24(16)17;/h3-5,10,13-15H,6-9,11-12H2,1-2H3,(H2,19,20,21);1H. The number of aromatic nitrogens is 3. The van der Waals surface area contributed by atoms with Gasteiger partial charge >= 0.3 is 0 Å². The van der Waals surface area contributed by atoms with Gasteiger partial charge < -0.3 is 10.6 Å². The van der Waals surface area contributed by atoms with Gasteiger partial charge in [-0.3, -0.25) is 14.3 Å². The van der Waals surface area contributed by atoms with E-state index in [0.717, 1.165) is 43.0 Å². The lowest BCUT2D eigenvalue weighted by Crippen LogP contribution is -2.45. The number of rotatable bonds is 5. The number of fused-ring (bicyclic) bond motifs is 1. The first-order valence-electron chi connectivity index (χ1n) is 9.26. The van der Waals surface area contributed by atoms with Crippen molar-refractivity contribution in [2.75, 3.05) is 20.1 Å². The number of pyridine rings is 1. The zero-order valence-corrected chi connectivity index (χ0v) is 17.8. The number of nitrogens with one attached hydrogen (secondary N) is 2. The fourth-order valence-corrected chi connectivity index (χ4v) is 3.82. The van der Waals surface area contributed by atoms with Crippen molar-refractivity contribution >= 4 is 35.6 Å². The second kappa shape index (κ2) is 8.51. The van der Waals surface area contributed by atoms with Crippen LogP contribution < -0.4 is 10.6 Å². The van der Waals surface area contributed by atoms with Crippen LogP contribution in [0.25, 0.3) is 5.65 Å². The summed E-state index contributed by atoms with van der Waals surface area (Å²) in [7, 11) is 1.83. The molecule has 1 saturated heterocycles. The molecule has 0 bridgehead atoms. The number of likely N-dealkylation sites (tertiary alicyclic amines) is 1. The molecule has 1 aliphatic heterocycles. The molecule has 2 unspecified atom stereocenters. The zero-order valence-electron chi connectivity index (χ0n) is 15.4. The fraction of sp³-hybridized carbons (Fsp3) is 0.611. The summed E-state index contributed by atoms with van der Waals surface area (Å²) in [5.74, 6) is 1.84. The van der Waals surface area contributed by atoms with E-state index in [4.69, 9.17) is 0 Å². The van der Waals surface area contributed by atoms with Crippen molar-refractivity contribution in [1.29, 1.82) is 0 Å². The molecule has 4 rings (SSSR count). The molecule has 0 amide bonds. The lowest BCUT2D eigenvalue weighted by Gasteiger charge is -2.20. The molecule has 2 aromatic heterocycles. The quantitative estimate of drug-likeness (QED) is 0.396. The fourth-order valence-electron chi connectivity index (χ4n) is 3.82. The zero-order chi connectivity index (χ0) is 17.2. The van der Waals surface area contributed by atoms with E-state index in [9.17, 15) is 0 Å². The molecule has 26 heavy (non-hydrogen) atoms. The molecule has 1 saturated carbocycles. The van der Waals surface area contributed by atoms with Gasteiger partial charge in [0, 0.05) is 50.9 Å². The Kier molecular flexibility index (Phi) is 6.33. The molecule has 0 aromatic carbocycles. The molecule has 1 aliphatic carbocycles. The minimum atomic E-state index is 0. The van der Waals surface area contributed by atoms with Gasteiger partial charge in [-0.15, -0.1) is 34.2 Å². The highest BCUT2D eigenvalue weighted by molar-refractivity contribution is 14.0. The highest BCUT2D eigenvalue weighted by atomic mass is 127. The molecule has 2 N–H and O–H groups in total. The summed E-state index contributed by atoms with van der Waals surface area (Å²) in [6.07, 6.45) is 6.74. The van der Waals surface area contributed by atoms with Crippen molar-refractivity contribution in [3.8, 4) is 0 Å². The van der Waals surface area contributed by atoms with Crippen molar-refractivity contribution in [3.63, 3.8) is 0 Å². The highest BCUT2D eigenvalue weighted by Gasteiger charge is 2.38. The number of guanidine groups is 1. The Bertz CT molecular complexity index is 755. The maximum absolute atomic E-state index is 4.38. The lowest BCUT2D eigenvalue weighted by molar-refractivity contribution is 0.256. The third-order valence-corrected chi connectivity index (χ3v) is 5.23. The molecular formula is C18H28IN7. The van der Waals surface area contributed by atoms with E-state index in [-0.39, 0.29) is 24.0 Å². The summed E-state index contributed by atoms with van der Waals surface area (Å²) in [4.78, 5) is 7.02. The van der Waals surface area contributed by atoms with E-state index in [1.165, 1.54) is 19.3 Å². The SMILES string of the molecule is CN=C(NCCc1nnc2ccccn12)NC1CC(C)N(C2CC2)C1.I. The predicted octanol–water partition coefficient (Wildman–Crippen LogP) is 1.68. The van der Waals surface area contributed by atoms with Crippen LogP contribution in [0.3, 0.4) is 0 Å². The van der Waals surface area contributed by atoms with E-state index in [2.05, 4.69) is 37.6 Å². The Hall–Kier alpha value is -1.42. The second-order valence-electron chi connectivity index (χ2n) is 7.15. The summed E-state index contributed by atoms with van der Waals surface area (Å²) in [5, 5.41) is 15.5. The Labute approximate surface area is 171 Å². The van der Waals surface area contributed by atoms with E-state index >= 15 is 0 Å². The molecule has 2 atom stereocenters. The number of aliphatic imine (C=N–C) groups is 1. The number of hydrogen-bond donors (Lipinski definition) is 2. The minimum absolute atomic E-state index is 0. The first kappa shape index (κ1) is 19.3. The predicted molar refractivity (Wildman–Crippen MR) is 114 cm³/mol. The number of nitrogens with zero attached hydrogens (tertiary/aromatic N) is 5. The highest BCUT2D eigenvalue weighted by Crippen LogP contribution is 2.33. The van der Waals surface area contributed by atoms with Crippen molar-refractivity contribution in [2.45, 2.75) is 50.7 Å². The Morgan fingerprint density at radius 3 is 2.92 bits per heavy atom. The monoisotopic (exact) mass is 469 g/mol. The van der Waals surface area contributed by atoms with Crippen molar-refractivity contribution in [3.05, 3.63) is 30.2 Å². The van der Waals surface area contributed by atoms with Crippen LogP contribution >= 0.6 is 24.0 Å². The first-order valence-corrected chi connectivity index (χ1v) is 9.26. The van der Waals surface area contributed by atoms with Crippen LogP contribution in [0.1, 0.15) is 32.0 Å². The number of hydrogen-bond acceptors (Lipinski definition) is 4. The van der Waals surface area contributed by atoms with Crippen LogP contribution in [-0.4, -0.2) is 63.7 Å². The molecule has 0 spiro atoms. The van der Waals surface area contributed by atoms with Crippen LogP contribution in [0, 0.1) is 0 Å². The molecule has 0 radical (unpaired) electrons. The summed E-state index contributed by atoms with van der Waals surface area (Å²) in [6, 6.07) is 7.93. The lowest BCUT2D eigenvalue weighted by atomic mass is 10.2. The van der Waals surface area contributed by atoms with E-state index in [0.29, 0.717) is 12.1 Å². The molecule has 7 nitrogen and oxygen atoms in total.